The van der Waals surface area contributed by atoms with Crippen molar-refractivity contribution in [3.63, 3.8) is 0 Å². The van der Waals surface area contributed by atoms with E-state index in [1.54, 1.807) is 0 Å². The molecule has 23 heavy (non-hydrogen) atoms. The number of hydrogen-bond donors (Lipinski definition) is 0. The van der Waals surface area contributed by atoms with Gasteiger partial charge in [0.1, 0.15) is 0 Å². The lowest BCUT2D eigenvalue weighted by atomic mass is 9.97. The molecule has 0 spiro atoms. The van der Waals surface area contributed by atoms with Gasteiger partial charge in [0.25, 0.3) is 0 Å². The van der Waals surface area contributed by atoms with Crippen molar-refractivity contribution < 1.29 is 4.79 Å². The number of rotatable bonds is 4. The highest BCUT2D eigenvalue weighted by molar-refractivity contribution is 5.79. The third kappa shape index (κ3) is 3.95. The summed E-state index contributed by atoms with van der Waals surface area (Å²) in [7, 11) is 0. The highest BCUT2D eigenvalue weighted by atomic mass is 16.2. The maximum Gasteiger partial charge on any atom is 0.237 e. The summed E-state index contributed by atoms with van der Waals surface area (Å²) in [5.74, 6) is 0.338. The van der Waals surface area contributed by atoms with Crippen LogP contribution in [0.4, 0.5) is 0 Å². The molecule has 0 bridgehead atoms. The van der Waals surface area contributed by atoms with Gasteiger partial charge in [0, 0.05) is 18.1 Å². The van der Waals surface area contributed by atoms with Crippen LogP contribution in [0.3, 0.4) is 0 Å². The van der Waals surface area contributed by atoms with Crippen molar-refractivity contribution >= 4 is 5.91 Å². The van der Waals surface area contributed by atoms with Crippen molar-refractivity contribution in [1.29, 1.82) is 0 Å². The molecule has 2 saturated heterocycles. The van der Waals surface area contributed by atoms with Crippen LogP contribution < -0.4 is 0 Å². The quantitative estimate of drug-likeness (QED) is 0.849. The molecular formula is C20H30N2O. The molecule has 3 heteroatoms. The molecule has 1 amide bonds. The van der Waals surface area contributed by atoms with Gasteiger partial charge in [0.05, 0.1) is 6.54 Å². The van der Waals surface area contributed by atoms with Crippen LogP contribution in [0, 0.1) is 0 Å². The molecule has 1 aromatic carbocycles. The van der Waals surface area contributed by atoms with E-state index in [4.69, 9.17) is 0 Å². The topological polar surface area (TPSA) is 23.6 Å². The van der Waals surface area contributed by atoms with Gasteiger partial charge in [-0.15, -0.1) is 0 Å². The molecule has 3 atom stereocenters. The third-order valence-corrected chi connectivity index (χ3v) is 5.63. The second kappa shape index (κ2) is 7.48. The van der Waals surface area contributed by atoms with E-state index in [1.807, 2.05) is 0 Å². The number of likely N-dealkylation sites (tertiary alicyclic amines) is 2. The van der Waals surface area contributed by atoms with E-state index in [0.29, 0.717) is 30.6 Å². The van der Waals surface area contributed by atoms with Crippen molar-refractivity contribution in [1.82, 2.24) is 9.80 Å². The molecule has 0 saturated carbocycles. The molecule has 3 nitrogen and oxygen atoms in total. The van der Waals surface area contributed by atoms with Crippen LogP contribution in [0.1, 0.15) is 51.5 Å². The summed E-state index contributed by atoms with van der Waals surface area (Å²) in [5.41, 5.74) is 1.39. The summed E-state index contributed by atoms with van der Waals surface area (Å²) < 4.78 is 0. The fourth-order valence-electron chi connectivity index (χ4n) is 4.39. The smallest absolute Gasteiger partial charge is 0.237 e. The van der Waals surface area contributed by atoms with Crippen LogP contribution in [0.25, 0.3) is 0 Å². The van der Waals surface area contributed by atoms with E-state index in [2.05, 4.69) is 54.0 Å². The first kappa shape index (κ1) is 16.5. The highest BCUT2D eigenvalue weighted by Crippen LogP contribution is 2.25. The maximum absolute atomic E-state index is 12.9. The predicted molar refractivity (Wildman–Crippen MR) is 94.4 cm³/mol. The third-order valence-electron chi connectivity index (χ3n) is 5.63. The minimum Gasteiger partial charge on any atom is -0.336 e. The molecule has 3 unspecified atom stereocenters. The van der Waals surface area contributed by atoms with Gasteiger partial charge in [-0.1, -0.05) is 30.3 Å². The Morgan fingerprint density at radius 1 is 1.04 bits per heavy atom. The lowest BCUT2D eigenvalue weighted by Gasteiger charge is -2.40. The number of carbonyl (C=O) groups is 1. The second-order valence-electron chi connectivity index (χ2n) is 7.39. The predicted octanol–water partition coefficient (Wildman–Crippen LogP) is 3.48. The van der Waals surface area contributed by atoms with Crippen LogP contribution >= 0.6 is 0 Å². The number of benzene rings is 1. The first-order chi connectivity index (χ1) is 11.1. The maximum atomic E-state index is 12.9. The molecular weight excluding hydrogens is 284 g/mol. The van der Waals surface area contributed by atoms with Crippen LogP contribution in [-0.4, -0.2) is 46.9 Å². The van der Waals surface area contributed by atoms with Crippen molar-refractivity contribution in [2.24, 2.45) is 0 Å². The van der Waals surface area contributed by atoms with Gasteiger partial charge in [-0.05, 0) is 64.5 Å². The Bertz CT molecular complexity index is 506. The zero-order chi connectivity index (χ0) is 16.2. The van der Waals surface area contributed by atoms with E-state index in [1.165, 1.54) is 24.8 Å². The number of nitrogens with zero attached hydrogens (tertiary/aromatic N) is 2. The highest BCUT2D eigenvalue weighted by Gasteiger charge is 2.32. The lowest BCUT2D eigenvalue weighted by Crippen LogP contribution is -2.51. The Hall–Kier alpha value is -1.35. The van der Waals surface area contributed by atoms with Crippen LogP contribution in [-0.2, 0) is 11.2 Å². The Kier molecular flexibility index (Phi) is 5.37. The molecule has 0 aromatic heterocycles. The Balaban J connectivity index is 1.60. The van der Waals surface area contributed by atoms with Crippen molar-refractivity contribution in [2.45, 2.75) is 70.5 Å². The summed E-state index contributed by atoms with van der Waals surface area (Å²) in [5, 5.41) is 0. The molecule has 2 heterocycles. The minimum absolute atomic E-state index is 0.338. The summed E-state index contributed by atoms with van der Waals surface area (Å²) in [6.07, 6.45) is 7.07. The van der Waals surface area contributed by atoms with Crippen molar-refractivity contribution in [2.75, 3.05) is 13.1 Å². The number of amides is 1. The number of carbonyl (C=O) groups excluding carboxylic acids is 1. The van der Waals surface area contributed by atoms with Crippen LogP contribution in [0.2, 0.25) is 0 Å². The van der Waals surface area contributed by atoms with Crippen molar-refractivity contribution in [3.05, 3.63) is 35.9 Å². The molecule has 2 fully saturated rings. The van der Waals surface area contributed by atoms with E-state index < -0.39 is 0 Å². The van der Waals surface area contributed by atoms with Gasteiger partial charge < -0.3 is 4.90 Å². The average Bonchev–Trinajstić information content (AvgIpc) is 2.95. The molecule has 0 N–H and O–H groups in total. The molecule has 0 radical (unpaired) electrons. The van der Waals surface area contributed by atoms with Gasteiger partial charge in [0.15, 0.2) is 0 Å². The second-order valence-corrected chi connectivity index (χ2v) is 7.39. The van der Waals surface area contributed by atoms with Crippen molar-refractivity contribution in [3.8, 4) is 0 Å². The zero-order valence-electron chi connectivity index (χ0n) is 14.6. The van der Waals surface area contributed by atoms with E-state index in [0.717, 1.165) is 25.8 Å². The molecule has 2 aliphatic rings. The summed E-state index contributed by atoms with van der Waals surface area (Å²) in [6, 6.07) is 12.0. The Labute approximate surface area is 140 Å². The summed E-state index contributed by atoms with van der Waals surface area (Å²) >= 11 is 0. The molecule has 1 aromatic rings. The molecule has 2 aliphatic heterocycles. The first-order valence-corrected chi connectivity index (χ1v) is 9.24. The lowest BCUT2D eigenvalue weighted by molar-refractivity contribution is -0.138. The molecule has 3 rings (SSSR count). The van der Waals surface area contributed by atoms with E-state index in [-0.39, 0.29) is 0 Å². The number of hydrogen-bond acceptors (Lipinski definition) is 2. The summed E-state index contributed by atoms with van der Waals surface area (Å²) in [6.45, 7) is 6.09. The standard InChI is InChI=1S/C20H30N2O/c1-16-8-6-9-17(2)22(16)20(23)15-21-13-7-12-19(21)14-18-10-4-3-5-11-18/h3-5,10-11,16-17,19H,6-9,12-15H2,1-2H3. The SMILES string of the molecule is CC1CCCC(C)N1C(=O)CN1CCCC1Cc1ccccc1. The largest absolute Gasteiger partial charge is 0.336 e. The van der Waals surface area contributed by atoms with Gasteiger partial charge in [0.2, 0.25) is 5.91 Å². The van der Waals surface area contributed by atoms with Crippen LogP contribution in [0.15, 0.2) is 30.3 Å². The normalized spacial score (nSPS) is 29.0. The molecule has 0 aliphatic carbocycles. The fourth-order valence-corrected chi connectivity index (χ4v) is 4.39. The molecule has 126 valence electrons. The first-order valence-electron chi connectivity index (χ1n) is 9.24. The fraction of sp³-hybridized carbons (Fsp3) is 0.650. The van der Waals surface area contributed by atoms with Gasteiger partial charge in [-0.25, -0.2) is 0 Å². The van der Waals surface area contributed by atoms with Gasteiger partial charge in [-0.2, -0.15) is 0 Å². The monoisotopic (exact) mass is 314 g/mol. The Morgan fingerprint density at radius 2 is 1.74 bits per heavy atom. The van der Waals surface area contributed by atoms with Crippen LogP contribution in [0.5, 0.6) is 0 Å². The average molecular weight is 314 g/mol. The number of piperidine rings is 1. The van der Waals surface area contributed by atoms with E-state index >= 15 is 0 Å². The Morgan fingerprint density at radius 3 is 2.43 bits per heavy atom. The van der Waals surface area contributed by atoms with E-state index in [9.17, 15) is 4.79 Å². The summed E-state index contributed by atoms with van der Waals surface area (Å²) in [4.78, 5) is 17.4. The minimum atomic E-state index is 0.338. The van der Waals surface area contributed by atoms with Gasteiger partial charge >= 0.3 is 0 Å². The van der Waals surface area contributed by atoms with Gasteiger partial charge in [-0.3, -0.25) is 9.69 Å². The zero-order valence-corrected chi connectivity index (χ0v) is 14.6.